The molecule has 0 aliphatic heterocycles. The summed E-state index contributed by atoms with van der Waals surface area (Å²) in [6, 6.07) is 11.5. The number of hydrogen-bond donors (Lipinski definition) is 0. The molecular weight excluding hydrogens is 248 g/mol. The zero-order chi connectivity index (χ0) is 12.4. The van der Waals surface area contributed by atoms with Crippen molar-refractivity contribution in [2.24, 2.45) is 0 Å². The number of halogens is 1. The predicted octanol–water partition coefficient (Wildman–Crippen LogP) is 3.66. The monoisotopic (exact) mass is 258 g/mol. The Morgan fingerprint density at radius 1 is 1.06 bits per heavy atom. The lowest BCUT2D eigenvalue weighted by atomic mass is 10.1. The molecule has 0 N–H and O–H groups in total. The van der Waals surface area contributed by atoms with E-state index in [9.17, 15) is 0 Å². The van der Waals surface area contributed by atoms with Gasteiger partial charge in [0.1, 0.15) is 0 Å². The number of fused-ring (bicyclic) bond motifs is 1. The van der Waals surface area contributed by atoms with Crippen LogP contribution in [-0.4, -0.2) is 9.97 Å². The number of nitrogens with zero attached hydrogens (tertiary/aromatic N) is 2. The molecule has 0 amide bonds. The Labute approximate surface area is 109 Å². The molecule has 90 valence electrons. The molecular formula is C14H11ClN2O. The Morgan fingerprint density at radius 2 is 1.94 bits per heavy atom. The predicted molar refractivity (Wildman–Crippen MR) is 70.7 cm³/mol. The van der Waals surface area contributed by atoms with Crippen molar-refractivity contribution in [1.29, 1.82) is 0 Å². The Hall–Kier alpha value is -1.87. The normalized spacial score (nSPS) is 10.9. The second-order valence-corrected chi connectivity index (χ2v) is 4.43. The highest BCUT2D eigenvalue weighted by Crippen LogP contribution is 2.18. The van der Waals surface area contributed by atoms with Crippen LogP contribution in [0.3, 0.4) is 0 Å². The average molecular weight is 259 g/mol. The van der Waals surface area contributed by atoms with Gasteiger partial charge in [0.05, 0.1) is 0 Å². The van der Waals surface area contributed by atoms with Crippen molar-refractivity contribution in [1.82, 2.24) is 9.97 Å². The van der Waals surface area contributed by atoms with E-state index in [0.717, 1.165) is 29.0 Å². The fraction of sp³-hybridized carbons (Fsp3) is 0.143. The molecule has 0 aliphatic carbocycles. The van der Waals surface area contributed by atoms with E-state index in [1.807, 2.05) is 36.4 Å². The van der Waals surface area contributed by atoms with Crippen LogP contribution in [0.2, 0.25) is 5.02 Å². The summed E-state index contributed by atoms with van der Waals surface area (Å²) in [5, 5.41) is 0.784. The van der Waals surface area contributed by atoms with Crippen LogP contribution < -0.4 is 0 Å². The van der Waals surface area contributed by atoms with Gasteiger partial charge in [-0.2, -0.15) is 4.98 Å². The topological polar surface area (TPSA) is 38.9 Å². The number of aryl methyl sites for hydroxylation is 2. The largest absolute Gasteiger partial charge is 0.439 e. The van der Waals surface area contributed by atoms with Crippen molar-refractivity contribution in [2.75, 3.05) is 0 Å². The van der Waals surface area contributed by atoms with Gasteiger partial charge in [-0.25, -0.2) is 4.98 Å². The lowest BCUT2D eigenvalue weighted by molar-refractivity contribution is 0.528. The van der Waals surface area contributed by atoms with Gasteiger partial charge >= 0.3 is 0 Å². The summed E-state index contributed by atoms with van der Waals surface area (Å²) in [4.78, 5) is 8.48. The Bertz CT molecular complexity index is 645. The maximum atomic E-state index is 6.11. The number of aromatic nitrogens is 2. The van der Waals surface area contributed by atoms with Crippen LogP contribution in [-0.2, 0) is 12.8 Å². The molecule has 0 aliphatic rings. The summed E-state index contributed by atoms with van der Waals surface area (Å²) >= 11 is 6.11. The molecule has 1 aromatic carbocycles. The first-order valence-electron chi connectivity index (χ1n) is 5.77. The standard InChI is InChI=1S/C14H11ClN2O/c15-11-5-2-1-4-10(11)7-8-13-17-14-12(18-13)6-3-9-16-14/h1-6,9H,7-8H2. The quantitative estimate of drug-likeness (QED) is 0.720. The number of pyridine rings is 1. The van der Waals surface area contributed by atoms with Gasteiger partial charge in [-0.1, -0.05) is 29.8 Å². The van der Waals surface area contributed by atoms with Crippen molar-refractivity contribution < 1.29 is 4.42 Å². The zero-order valence-corrected chi connectivity index (χ0v) is 10.4. The molecule has 0 spiro atoms. The van der Waals surface area contributed by atoms with Crippen LogP contribution in [0.1, 0.15) is 11.5 Å². The van der Waals surface area contributed by atoms with Gasteiger partial charge in [-0.15, -0.1) is 0 Å². The Morgan fingerprint density at radius 3 is 2.78 bits per heavy atom. The highest BCUT2D eigenvalue weighted by atomic mass is 35.5. The third kappa shape index (κ3) is 2.22. The molecule has 0 atom stereocenters. The second-order valence-electron chi connectivity index (χ2n) is 4.02. The number of hydrogen-bond acceptors (Lipinski definition) is 3. The van der Waals surface area contributed by atoms with E-state index < -0.39 is 0 Å². The summed E-state index contributed by atoms with van der Waals surface area (Å²) < 4.78 is 5.61. The van der Waals surface area contributed by atoms with E-state index >= 15 is 0 Å². The third-order valence-electron chi connectivity index (χ3n) is 2.78. The molecule has 0 saturated heterocycles. The van der Waals surface area contributed by atoms with Crippen LogP contribution in [0.5, 0.6) is 0 Å². The minimum atomic E-state index is 0.659. The van der Waals surface area contributed by atoms with Gasteiger partial charge in [0.2, 0.25) is 0 Å². The number of rotatable bonds is 3. The molecule has 18 heavy (non-hydrogen) atoms. The number of oxazole rings is 1. The van der Waals surface area contributed by atoms with E-state index in [4.69, 9.17) is 16.0 Å². The first kappa shape index (κ1) is 11.2. The van der Waals surface area contributed by atoms with Gasteiger partial charge in [0, 0.05) is 17.6 Å². The lowest BCUT2D eigenvalue weighted by Gasteiger charge is -2.00. The summed E-state index contributed by atoms with van der Waals surface area (Å²) in [6.45, 7) is 0. The van der Waals surface area contributed by atoms with Crippen molar-refractivity contribution in [3.63, 3.8) is 0 Å². The van der Waals surface area contributed by atoms with Gasteiger partial charge in [-0.3, -0.25) is 0 Å². The van der Waals surface area contributed by atoms with Crippen LogP contribution in [0.25, 0.3) is 11.2 Å². The minimum Gasteiger partial charge on any atom is -0.439 e. The van der Waals surface area contributed by atoms with Gasteiger partial charge in [0.25, 0.3) is 0 Å². The zero-order valence-electron chi connectivity index (χ0n) is 9.64. The van der Waals surface area contributed by atoms with Crippen LogP contribution in [0.4, 0.5) is 0 Å². The van der Waals surface area contributed by atoms with Crippen molar-refractivity contribution in [3.05, 3.63) is 59.1 Å². The maximum Gasteiger partial charge on any atom is 0.198 e. The van der Waals surface area contributed by atoms with E-state index in [2.05, 4.69) is 9.97 Å². The lowest BCUT2D eigenvalue weighted by Crippen LogP contribution is -1.92. The summed E-state index contributed by atoms with van der Waals surface area (Å²) in [5.41, 5.74) is 2.49. The molecule has 3 rings (SSSR count). The smallest absolute Gasteiger partial charge is 0.198 e. The molecule has 3 aromatic rings. The first-order valence-corrected chi connectivity index (χ1v) is 6.14. The fourth-order valence-corrected chi connectivity index (χ4v) is 2.09. The third-order valence-corrected chi connectivity index (χ3v) is 3.14. The summed E-state index contributed by atoms with van der Waals surface area (Å²) in [7, 11) is 0. The second kappa shape index (κ2) is 4.78. The highest BCUT2D eigenvalue weighted by molar-refractivity contribution is 6.31. The molecule has 2 heterocycles. The average Bonchev–Trinajstić information content (AvgIpc) is 2.80. The summed E-state index contributed by atoms with van der Waals surface area (Å²) in [5.74, 6) is 0.698. The van der Waals surface area contributed by atoms with E-state index in [-0.39, 0.29) is 0 Å². The maximum absolute atomic E-state index is 6.11. The first-order chi connectivity index (χ1) is 8.83. The van der Waals surface area contributed by atoms with Crippen molar-refractivity contribution >= 4 is 22.8 Å². The molecule has 0 saturated carbocycles. The van der Waals surface area contributed by atoms with E-state index in [1.165, 1.54) is 0 Å². The SMILES string of the molecule is Clc1ccccc1CCc1nc2ncccc2o1. The molecule has 0 radical (unpaired) electrons. The molecule has 3 nitrogen and oxygen atoms in total. The van der Waals surface area contributed by atoms with E-state index in [1.54, 1.807) is 6.20 Å². The molecule has 2 aromatic heterocycles. The van der Waals surface area contributed by atoms with E-state index in [0.29, 0.717) is 11.5 Å². The molecule has 4 heteroatoms. The van der Waals surface area contributed by atoms with Crippen LogP contribution in [0.15, 0.2) is 47.0 Å². The fourth-order valence-electron chi connectivity index (χ4n) is 1.86. The molecule has 0 unspecified atom stereocenters. The van der Waals surface area contributed by atoms with Gasteiger partial charge < -0.3 is 4.42 Å². The van der Waals surface area contributed by atoms with Crippen molar-refractivity contribution in [2.45, 2.75) is 12.8 Å². The molecule has 0 bridgehead atoms. The van der Waals surface area contributed by atoms with Crippen LogP contribution in [0, 0.1) is 0 Å². The van der Waals surface area contributed by atoms with Gasteiger partial charge in [0.15, 0.2) is 17.1 Å². The number of benzene rings is 1. The minimum absolute atomic E-state index is 0.659. The van der Waals surface area contributed by atoms with Crippen LogP contribution >= 0.6 is 11.6 Å². The Balaban J connectivity index is 1.79. The Kier molecular flexibility index (Phi) is 2.99. The highest BCUT2D eigenvalue weighted by Gasteiger charge is 2.07. The van der Waals surface area contributed by atoms with Gasteiger partial charge in [-0.05, 0) is 30.2 Å². The van der Waals surface area contributed by atoms with Crippen molar-refractivity contribution in [3.8, 4) is 0 Å². The summed E-state index contributed by atoms with van der Waals surface area (Å²) in [6.07, 6.45) is 3.25. The molecule has 0 fully saturated rings.